The fourth-order valence-electron chi connectivity index (χ4n) is 3.38. The molecule has 0 aromatic heterocycles. The second-order valence-corrected chi connectivity index (χ2v) is 7.66. The third-order valence-corrected chi connectivity index (χ3v) is 4.85. The third kappa shape index (κ3) is 5.98. The molecular formula is C18H28Cl2N2O. The number of hydrogen-bond donors (Lipinski definition) is 2. The molecule has 0 spiro atoms. The van der Waals surface area contributed by atoms with Crippen molar-refractivity contribution < 1.29 is 4.79 Å². The lowest BCUT2D eigenvalue weighted by atomic mass is 9.85. The summed E-state index contributed by atoms with van der Waals surface area (Å²) in [6.45, 7) is 5.63. The van der Waals surface area contributed by atoms with Gasteiger partial charge in [-0.1, -0.05) is 44.0 Å². The zero-order valence-corrected chi connectivity index (χ0v) is 15.6. The van der Waals surface area contributed by atoms with E-state index in [-0.39, 0.29) is 29.6 Å². The maximum Gasteiger partial charge on any atom is 0.223 e. The Bertz CT molecular complexity index is 519. The number of rotatable bonds is 6. The van der Waals surface area contributed by atoms with Gasteiger partial charge in [0.1, 0.15) is 0 Å². The zero-order valence-electron chi connectivity index (χ0n) is 14.0. The van der Waals surface area contributed by atoms with Crippen molar-refractivity contribution >= 4 is 29.9 Å². The largest absolute Gasteiger partial charge is 0.355 e. The van der Waals surface area contributed by atoms with Gasteiger partial charge < -0.3 is 11.1 Å². The second-order valence-electron chi connectivity index (χ2n) is 7.22. The summed E-state index contributed by atoms with van der Waals surface area (Å²) in [5, 5.41) is 3.89. The lowest BCUT2D eigenvalue weighted by Crippen LogP contribution is -2.40. The van der Waals surface area contributed by atoms with Gasteiger partial charge in [0.2, 0.25) is 5.91 Å². The summed E-state index contributed by atoms with van der Waals surface area (Å²) in [6, 6.07) is 7.92. The van der Waals surface area contributed by atoms with Crippen molar-refractivity contribution in [1.82, 2.24) is 5.32 Å². The lowest BCUT2D eigenvalue weighted by molar-refractivity contribution is -0.126. The number of nitrogens with one attached hydrogen (secondary N) is 1. The van der Waals surface area contributed by atoms with Crippen LogP contribution < -0.4 is 11.1 Å². The first-order valence-corrected chi connectivity index (χ1v) is 8.51. The highest BCUT2D eigenvalue weighted by atomic mass is 35.5. The van der Waals surface area contributed by atoms with Crippen LogP contribution in [-0.2, 0) is 11.2 Å². The summed E-state index contributed by atoms with van der Waals surface area (Å²) in [5.74, 6) is 0.634. The molecule has 0 aliphatic heterocycles. The number of halogens is 2. The van der Waals surface area contributed by atoms with Crippen molar-refractivity contribution in [3.8, 4) is 0 Å². The molecule has 5 heteroatoms. The van der Waals surface area contributed by atoms with Crippen molar-refractivity contribution in [2.75, 3.05) is 13.1 Å². The Morgan fingerprint density at radius 3 is 2.78 bits per heavy atom. The Morgan fingerprint density at radius 1 is 1.39 bits per heavy atom. The van der Waals surface area contributed by atoms with Crippen LogP contribution in [0.3, 0.4) is 0 Å². The molecule has 3 N–H and O–H groups in total. The van der Waals surface area contributed by atoms with Gasteiger partial charge in [0, 0.05) is 17.5 Å². The lowest BCUT2D eigenvalue weighted by Gasteiger charge is -2.27. The van der Waals surface area contributed by atoms with Crippen LogP contribution in [0.15, 0.2) is 24.3 Å². The molecule has 0 radical (unpaired) electrons. The van der Waals surface area contributed by atoms with Crippen molar-refractivity contribution in [2.24, 2.45) is 23.0 Å². The highest BCUT2D eigenvalue weighted by molar-refractivity contribution is 6.30. The fourth-order valence-corrected chi connectivity index (χ4v) is 3.60. The maximum absolute atomic E-state index is 12.4. The number of nitrogens with two attached hydrogens (primary N) is 1. The van der Waals surface area contributed by atoms with E-state index in [0.29, 0.717) is 19.0 Å². The molecule has 3 nitrogen and oxygen atoms in total. The number of carbonyl (C=O) groups is 1. The average molecular weight is 359 g/mol. The molecule has 130 valence electrons. The van der Waals surface area contributed by atoms with Crippen LogP contribution in [0.4, 0.5) is 0 Å². The molecule has 1 aliphatic rings. The van der Waals surface area contributed by atoms with Gasteiger partial charge in [-0.3, -0.25) is 4.79 Å². The van der Waals surface area contributed by atoms with Gasteiger partial charge >= 0.3 is 0 Å². The van der Waals surface area contributed by atoms with Crippen molar-refractivity contribution in [1.29, 1.82) is 0 Å². The first-order valence-electron chi connectivity index (χ1n) is 8.13. The van der Waals surface area contributed by atoms with E-state index in [1.165, 1.54) is 5.56 Å². The van der Waals surface area contributed by atoms with Crippen LogP contribution in [0, 0.1) is 17.3 Å². The molecule has 1 fully saturated rings. The van der Waals surface area contributed by atoms with Gasteiger partial charge in [0.15, 0.2) is 0 Å². The Hall–Kier alpha value is -0.770. The Balaban J connectivity index is 0.00000264. The number of carbonyl (C=O) groups excluding carboxylic acids is 1. The van der Waals surface area contributed by atoms with Gasteiger partial charge in [0.25, 0.3) is 0 Å². The highest BCUT2D eigenvalue weighted by Crippen LogP contribution is 2.31. The third-order valence-electron chi connectivity index (χ3n) is 4.61. The molecule has 23 heavy (non-hydrogen) atoms. The van der Waals surface area contributed by atoms with E-state index in [1.54, 1.807) is 0 Å². The molecule has 0 saturated heterocycles. The minimum absolute atomic E-state index is 0. The monoisotopic (exact) mass is 358 g/mol. The van der Waals surface area contributed by atoms with E-state index in [4.69, 9.17) is 17.3 Å². The molecule has 1 saturated carbocycles. The van der Waals surface area contributed by atoms with Gasteiger partial charge in [-0.05, 0) is 54.8 Å². The van der Waals surface area contributed by atoms with E-state index in [9.17, 15) is 4.79 Å². The first kappa shape index (κ1) is 20.3. The van der Waals surface area contributed by atoms with Crippen molar-refractivity contribution in [3.63, 3.8) is 0 Å². The van der Waals surface area contributed by atoms with Crippen LogP contribution in [0.2, 0.25) is 5.02 Å². The fraction of sp³-hybridized carbons (Fsp3) is 0.611. The summed E-state index contributed by atoms with van der Waals surface area (Å²) in [7, 11) is 0. The molecule has 0 bridgehead atoms. The van der Waals surface area contributed by atoms with Crippen LogP contribution >= 0.6 is 24.0 Å². The smallest absolute Gasteiger partial charge is 0.223 e. The van der Waals surface area contributed by atoms with Crippen LogP contribution in [0.5, 0.6) is 0 Å². The van der Waals surface area contributed by atoms with Gasteiger partial charge in [-0.2, -0.15) is 0 Å². The predicted molar refractivity (Wildman–Crippen MR) is 99.1 cm³/mol. The summed E-state index contributed by atoms with van der Waals surface area (Å²) < 4.78 is 0. The van der Waals surface area contributed by atoms with E-state index in [1.807, 2.05) is 18.2 Å². The van der Waals surface area contributed by atoms with Crippen LogP contribution in [0.25, 0.3) is 0 Å². The first-order chi connectivity index (χ1) is 10.4. The van der Waals surface area contributed by atoms with Gasteiger partial charge in [-0.15, -0.1) is 12.4 Å². The van der Waals surface area contributed by atoms with Crippen molar-refractivity contribution in [3.05, 3.63) is 34.9 Å². The molecule has 1 aromatic rings. The highest BCUT2D eigenvalue weighted by Gasteiger charge is 2.32. The number of amides is 1. The predicted octanol–water partition coefficient (Wildman–Crippen LogP) is 3.82. The Morgan fingerprint density at radius 2 is 2.13 bits per heavy atom. The summed E-state index contributed by atoms with van der Waals surface area (Å²) in [5.41, 5.74) is 6.97. The molecule has 0 heterocycles. The maximum atomic E-state index is 12.4. The molecule has 1 amide bonds. The average Bonchev–Trinajstić information content (AvgIpc) is 2.93. The van der Waals surface area contributed by atoms with E-state index >= 15 is 0 Å². The summed E-state index contributed by atoms with van der Waals surface area (Å²) in [6.07, 6.45) is 4.06. The Kier molecular flexibility index (Phi) is 7.85. The van der Waals surface area contributed by atoms with E-state index in [0.717, 1.165) is 30.7 Å². The SMILES string of the molecule is CC(C)(CNC(=O)[C@@H]1CCC[C@@H]1CN)Cc1cccc(Cl)c1.Cl. The number of hydrogen-bond acceptors (Lipinski definition) is 2. The molecular weight excluding hydrogens is 331 g/mol. The zero-order chi connectivity index (χ0) is 16.2. The topological polar surface area (TPSA) is 55.1 Å². The quantitative estimate of drug-likeness (QED) is 0.811. The normalized spacial score (nSPS) is 20.9. The minimum atomic E-state index is -0.00282. The summed E-state index contributed by atoms with van der Waals surface area (Å²) >= 11 is 6.04. The van der Waals surface area contributed by atoms with Crippen LogP contribution in [-0.4, -0.2) is 19.0 Å². The summed E-state index contributed by atoms with van der Waals surface area (Å²) in [4.78, 5) is 12.4. The van der Waals surface area contributed by atoms with Gasteiger partial charge in [0.05, 0.1) is 0 Å². The van der Waals surface area contributed by atoms with E-state index in [2.05, 4.69) is 25.2 Å². The van der Waals surface area contributed by atoms with E-state index < -0.39 is 0 Å². The van der Waals surface area contributed by atoms with Crippen molar-refractivity contribution in [2.45, 2.75) is 39.5 Å². The standard InChI is InChI=1S/C18H27ClN2O.ClH/c1-18(2,10-13-5-3-7-15(19)9-13)12-21-17(22)16-8-4-6-14(16)11-20;/h3,5,7,9,14,16H,4,6,8,10-12,20H2,1-2H3,(H,21,22);1H/t14-,16-;/m1./s1. The van der Waals surface area contributed by atoms with Crippen LogP contribution in [0.1, 0.15) is 38.7 Å². The molecule has 1 aromatic carbocycles. The van der Waals surface area contributed by atoms with Gasteiger partial charge in [-0.25, -0.2) is 0 Å². The minimum Gasteiger partial charge on any atom is -0.355 e. The Labute approximate surface area is 150 Å². The molecule has 2 atom stereocenters. The molecule has 1 aliphatic carbocycles. The molecule has 2 rings (SSSR count). The number of benzene rings is 1. The molecule has 0 unspecified atom stereocenters. The second kappa shape index (κ2) is 8.91.